The van der Waals surface area contributed by atoms with Crippen molar-refractivity contribution < 1.29 is 4.42 Å². The van der Waals surface area contributed by atoms with Gasteiger partial charge in [-0.3, -0.25) is 4.90 Å². The van der Waals surface area contributed by atoms with E-state index in [1.807, 2.05) is 0 Å². The summed E-state index contributed by atoms with van der Waals surface area (Å²) < 4.78 is 5.97. The molecule has 0 spiro atoms. The fourth-order valence-electron chi connectivity index (χ4n) is 3.09. The van der Waals surface area contributed by atoms with E-state index < -0.39 is 0 Å². The van der Waals surface area contributed by atoms with Crippen molar-refractivity contribution in [1.29, 1.82) is 0 Å². The molecule has 0 aromatic carbocycles. The molecule has 23 heavy (non-hydrogen) atoms. The molecule has 1 saturated heterocycles. The van der Waals surface area contributed by atoms with Crippen LogP contribution in [0.25, 0.3) is 10.8 Å². The van der Waals surface area contributed by atoms with Gasteiger partial charge in [0.1, 0.15) is 0 Å². The maximum atomic E-state index is 5.97. The first kappa shape index (κ1) is 15.1. The summed E-state index contributed by atoms with van der Waals surface area (Å²) in [6.07, 6.45) is 2.32. The monoisotopic (exact) mass is 345 g/mol. The molecular formula is C17H19N3OS2. The zero-order chi connectivity index (χ0) is 15.6. The summed E-state index contributed by atoms with van der Waals surface area (Å²) in [5, 5.41) is 12.9. The van der Waals surface area contributed by atoms with Crippen molar-refractivity contribution in [1.82, 2.24) is 15.1 Å². The van der Waals surface area contributed by atoms with Gasteiger partial charge in [0.2, 0.25) is 5.89 Å². The highest BCUT2D eigenvalue weighted by molar-refractivity contribution is 7.15. The van der Waals surface area contributed by atoms with Crippen molar-refractivity contribution in [2.24, 2.45) is 0 Å². The Balaban J connectivity index is 1.46. The number of aryl methyl sites for hydroxylation is 1. The van der Waals surface area contributed by atoms with E-state index in [-0.39, 0.29) is 0 Å². The van der Waals surface area contributed by atoms with Crippen LogP contribution in [-0.4, -0.2) is 28.2 Å². The Bertz CT molecular complexity index is 763. The number of thiophene rings is 2. The number of nitrogens with zero attached hydrogens (tertiary/aromatic N) is 3. The van der Waals surface area contributed by atoms with Crippen LogP contribution >= 0.6 is 22.7 Å². The molecule has 1 aliphatic heterocycles. The topological polar surface area (TPSA) is 42.2 Å². The van der Waals surface area contributed by atoms with Gasteiger partial charge in [-0.1, -0.05) is 0 Å². The van der Waals surface area contributed by atoms with E-state index >= 15 is 0 Å². The van der Waals surface area contributed by atoms with Gasteiger partial charge in [-0.05, 0) is 60.8 Å². The molecule has 0 aliphatic carbocycles. The number of hydrogen-bond donors (Lipinski definition) is 0. The van der Waals surface area contributed by atoms with Crippen molar-refractivity contribution in [3.05, 3.63) is 45.3 Å². The lowest BCUT2D eigenvalue weighted by Gasteiger charge is -2.30. The predicted molar refractivity (Wildman–Crippen MR) is 93.9 cm³/mol. The number of likely N-dealkylation sites (tertiary alicyclic amines) is 1. The molecule has 0 N–H and O–H groups in total. The maximum absolute atomic E-state index is 5.97. The first-order chi connectivity index (χ1) is 11.3. The summed E-state index contributed by atoms with van der Waals surface area (Å²) in [4.78, 5) is 4.82. The first-order valence-electron chi connectivity index (χ1n) is 7.91. The third-order valence-corrected chi connectivity index (χ3v) is 5.95. The summed E-state index contributed by atoms with van der Waals surface area (Å²) in [6.45, 7) is 5.26. The molecule has 4 rings (SSSR count). The molecule has 1 aliphatic rings. The third kappa shape index (κ3) is 3.39. The van der Waals surface area contributed by atoms with Gasteiger partial charge in [0, 0.05) is 18.0 Å². The van der Waals surface area contributed by atoms with E-state index in [1.54, 1.807) is 22.7 Å². The average molecular weight is 345 g/mol. The van der Waals surface area contributed by atoms with Crippen LogP contribution in [0.15, 0.2) is 33.4 Å². The lowest BCUT2D eigenvalue weighted by molar-refractivity contribution is 0.186. The zero-order valence-corrected chi connectivity index (χ0v) is 14.7. The van der Waals surface area contributed by atoms with Crippen molar-refractivity contribution in [2.45, 2.75) is 32.2 Å². The Kier molecular flexibility index (Phi) is 4.29. The quantitative estimate of drug-likeness (QED) is 0.696. The average Bonchev–Trinajstić information content (AvgIpc) is 3.28. The van der Waals surface area contributed by atoms with Crippen molar-refractivity contribution in [2.75, 3.05) is 13.1 Å². The molecule has 0 amide bonds. The fraction of sp³-hybridized carbons (Fsp3) is 0.412. The molecule has 4 nitrogen and oxygen atoms in total. The molecule has 0 saturated carbocycles. The number of hydrogen-bond acceptors (Lipinski definition) is 6. The molecular weight excluding hydrogens is 326 g/mol. The van der Waals surface area contributed by atoms with Gasteiger partial charge < -0.3 is 4.42 Å². The van der Waals surface area contributed by atoms with Crippen LogP contribution in [-0.2, 0) is 6.54 Å². The standard InChI is InChI=1S/C17H19N3OS2/c1-12-4-5-15(23-12)17-19-18-16(21-17)14-3-2-7-20(10-14)9-13-6-8-22-11-13/h4-6,8,11,14H,2-3,7,9-10H2,1H3. The Morgan fingerprint density at radius 3 is 3.04 bits per heavy atom. The van der Waals surface area contributed by atoms with Crippen LogP contribution in [0.5, 0.6) is 0 Å². The van der Waals surface area contributed by atoms with Crippen molar-refractivity contribution in [3.63, 3.8) is 0 Å². The number of aromatic nitrogens is 2. The number of piperidine rings is 1. The van der Waals surface area contributed by atoms with Gasteiger partial charge in [0.25, 0.3) is 5.89 Å². The second-order valence-electron chi connectivity index (χ2n) is 6.06. The highest BCUT2D eigenvalue weighted by atomic mass is 32.1. The van der Waals surface area contributed by atoms with Crippen LogP contribution in [0.2, 0.25) is 0 Å². The molecule has 1 atom stereocenters. The normalized spacial score (nSPS) is 19.3. The van der Waals surface area contributed by atoms with Crippen LogP contribution in [0.3, 0.4) is 0 Å². The zero-order valence-electron chi connectivity index (χ0n) is 13.1. The lowest BCUT2D eigenvalue weighted by atomic mass is 9.98. The summed E-state index contributed by atoms with van der Waals surface area (Å²) in [7, 11) is 0. The van der Waals surface area contributed by atoms with Crippen LogP contribution in [0, 0.1) is 6.92 Å². The first-order valence-corrected chi connectivity index (χ1v) is 9.67. The van der Waals surface area contributed by atoms with Crippen molar-refractivity contribution in [3.8, 4) is 10.8 Å². The van der Waals surface area contributed by atoms with Crippen LogP contribution < -0.4 is 0 Å². The summed E-state index contributed by atoms with van der Waals surface area (Å²) in [5.74, 6) is 1.80. The molecule has 0 radical (unpaired) electrons. The Morgan fingerprint density at radius 1 is 1.30 bits per heavy atom. The van der Waals surface area contributed by atoms with Gasteiger partial charge in [0.15, 0.2) is 0 Å². The highest BCUT2D eigenvalue weighted by Crippen LogP contribution is 2.31. The predicted octanol–water partition coefficient (Wildman–Crippen LogP) is 4.55. The SMILES string of the molecule is Cc1ccc(-c2nnc(C3CCCN(Cc4ccsc4)C3)o2)s1. The molecule has 4 heterocycles. The molecule has 1 unspecified atom stereocenters. The smallest absolute Gasteiger partial charge is 0.257 e. The molecule has 0 bridgehead atoms. The van der Waals surface area contributed by atoms with Gasteiger partial charge in [0.05, 0.1) is 10.8 Å². The molecule has 3 aromatic rings. The van der Waals surface area contributed by atoms with E-state index in [1.165, 1.54) is 16.9 Å². The minimum Gasteiger partial charge on any atom is -0.420 e. The van der Waals surface area contributed by atoms with E-state index in [4.69, 9.17) is 4.42 Å². The van der Waals surface area contributed by atoms with E-state index in [9.17, 15) is 0 Å². The summed E-state index contributed by atoms with van der Waals surface area (Å²) in [5.41, 5.74) is 1.40. The Morgan fingerprint density at radius 2 is 2.26 bits per heavy atom. The Hall–Kier alpha value is -1.50. The highest BCUT2D eigenvalue weighted by Gasteiger charge is 2.26. The fourth-order valence-corrected chi connectivity index (χ4v) is 4.54. The molecule has 3 aromatic heterocycles. The molecule has 1 fully saturated rings. The van der Waals surface area contributed by atoms with E-state index in [0.717, 1.165) is 36.8 Å². The van der Waals surface area contributed by atoms with Gasteiger partial charge in [-0.25, -0.2) is 0 Å². The molecule has 120 valence electrons. The van der Waals surface area contributed by atoms with Gasteiger partial charge >= 0.3 is 0 Å². The van der Waals surface area contributed by atoms with E-state index in [0.29, 0.717) is 11.8 Å². The Labute approximate surface area is 143 Å². The summed E-state index contributed by atoms with van der Waals surface area (Å²) in [6, 6.07) is 6.35. The number of rotatable bonds is 4. The van der Waals surface area contributed by atoms with Gasteiger partial charge in [-0.15, -0.1) is 21.5 Å². The largest absolute Gasteiger partial charge is 0.420 e. The second-order valence-corrected chi connectivity index (χ2v) is 8.13. The lowest BCUT2D eigenvalue weighted by Crippen LogP contribution is -2.33. The minimum atomic E-state index is 0.352. The van der Waals surface area contributed by atoms with Crippen molar-refractivity contribution >= 4 is 22.7 Å². The molecule has 6 heteroatoms. The van der Waals surface area contributed by atoms with Crippen LogP contribution in [0.1, 0.15) is 35.1 Å². The van der Waals surface area contributed by atoms with Crippen LogP contribution in [0.4, 0.5) is 0 Å². The second kappa shape index (κ2) is 6.55. The maximum Gasteiger partial charge on any atom is 0.257 e. The van der Waals surface area contributed by atoms with E-state index in [2.05, 4.69) is 51.0 Å². The third-order valence-electron chi connectivity index (χ3n) is 4.23. The summed E-state index contributed by atoms with van der Waals surface area (Å²) >= 11 is 3.46. The minimum absolute atomic E-state index is 0.352. The van der Waals surface area contributed by atoms with Gasteiger partial charge in [-0.2, -0.15) is 11.3 Å².